The van der Waals surface area contributed by atoms with E-state index in [4.69, 9.17) is 21.1 Å². The van der Waals surface area contributed by atoms with Gasteiger partial charge in [-0.15, -0.1) is 0 Å². The van der Waals surface area contributed by atoms with E-state index in [1.54, 1.807) is 30.3 Å². The van der Waals surface area contributed by atoms with Gasteiger partial charge in [-0.1, -0.05) is 18.2 Å². The molecular weight excluding hydrogens is 266 g/mol. The van der Waals surface area contributed by atoms with Crippen molar-refractivity contribution in [2.24, 2.45) is 5.73 Å². The Balaban J connectivity index is 0.000000367. The number of carboxylic acids is 3. The van der Waals surface area contributed by atoms with Crippen LogP contribution in [0.3, 0.4) is 0 Å². The van der Waals surface area contributed by atoms with E-state index in [-0.39, 0.29) is 12.8 Å². The Morgan fingerprint density at radius 3 is 1.95 bits per heavy atom. The maximum atomic E-state index is 10.2. The maximum Gasteiger partial charge on any atom is 0.335 e. The number of aliphatic carboxylic acids is 2. The highest BCUT2D eigenvalue weighted by Gasteiger charge is 2.10. The zero-order valence-corrected chi connectivity index (χ0v) is 10.7. The van der Waals surface area contributed by atoms with Crippen molar-refractivity contribution in [1.29, 1.82) is 0 Å². The van der Waals surface area contributed by atoms with Gasteiger partial charge >= 0.3 is 17.9 Å². The molecule has 0 aliphatic carbocycles. The SMILES string of the molecule is NC(CCCC(=O)O)C(=O)O.O=C(O)c1ccccc1. The van der Waals surface area contributed by atoms with E-state index >= 15 is 0 Å². The van der Waals surface area contributed by atoms with Crippen molar-refractivity contribution in [1.82, 2.24) is 0 Å². The Morgan fingerprint density at radius 2 is 1.60 bits per heavy atom. The lowest BCUT2D eigenvalue weighted by atomic mass is 10.1. The van der Waals surface area contributed by atoms with E-state index in [2.05, 4.69) is 0 Å². The van der Waals surface area contributed by atoms with E-state index in [0.717, 1.165) is 0 Å². The third kappa shape index (κ3) is 8.65. The van der Waals surface area contributed by atoms with Crippen LogP contribution in [-0.2, 0) is 9.59 Å². The molecule has 0 spiro atoms. The molecule has 110 valence electrons. The molecular formula is C13H17NO6. The highest BCUT2D eigenvalue weighted by Crippen LogP contribution is 1.98. The Labute approximate surface area is 115 Å². The van der Waals surface area contributed by atoms with Gasteiger partial charge in [-0.2, -0.15) is 0 Å². The first-order valence-corrected chi connectivity index (χ1v) is 5.83. The molecule has 7 nitrogen and oxygen atoms in total. The molecule has 5 N–H and O–H groups in total. The second kappa shape index (κ2) is 9.51. The van der Waals surface area contributed by atoms with Crippen LogP contribution in [0.1, 0.15) is 29.6 Å². The molecule has 1 aromatic carbocycles. The normalized spacial score (nSPS) is 10.8. The molecule has 0 fully saturated rings. The van der Waals surface area contributed by atoms with E-state index in [9.17, 15) is 14.4 Å². The van der Waals surface area contributed by atoms with Crippen LogP contribution in [0.5, 0.6) is 0 Å². The van der Waals surface area contributed by atoms with E-state index < -0.39 is 23.9 Å². The van der Waals surface area contributed by atoms with Gasteiger partial charge in [0.15, 0.2) is 0 Å². The van der Waals surface area contributed by atoms with E-state index in [1.165, 1.54) is 0 Å². The summed E-state index contributed by atoms with van der Waals surface area (Å²) >= 11 is 0. The molecule has 0 aliphatic heterocycles. The number of carbonyl (C=O) groups is 3. The van der Waals surface area contributed by atoms with Crippen molar-refractivity contribution < 1.29 is 29.7 Å². The van der Waals surface area contributed by atoms with Gasteiger partial charge in [-0.25, -0.2) is 4.79 Å². The number of hydrogen-bond acceptors (Lipinski definition) is 4. The summed E-state index contributed by atoms with van der Waals surface area (Å²) in [6.45, 7) is 0. The van der Waals surface area contributed by atoms with Gasteiger partial charge in [-0.05, 0) is 25.0 Å². The van der Waals surface area contributed by atoms with Gasteiger partial charge in [0.25, 0.3) is 0 Å². The van der Waals surface area contributed by atoms with Crippen LogP contribution in [0.25, 0.3) is 0 Å². The van der Waals surface area contributed by atoms with E-state index in [1.807, 2.05) is 0 Å². The molecule has 0 aliphatic rings. The summed E-state index contributed by atoms with van der Waals surface area (Å²) in [6, 6.07) is 7.36. The fraction of sp³-hybridized carbons (Fsp3) is 0.308. The largest absolute Gasteiger partial charge is 0.481 e. The quantitative estimate of drug-likeness (QED) is 0.611. The highest BCUT2D eigenvalue weighted by molar-refractivity contribution is 5.87. The molecule has 1 aromatic rings. The van der Waals surface area contributed by atoms with Crippen LogP contribution < -0.4 is 5.73 Å². The Morgan fingerprint density at radius 1 is 1.05 bits per heavy atom. The molecule has 20 heavy (non-hydrogen) atoms. The molecule has 0 aromatic heterocycles. The number of hydrogen-bond donors (Lipinski definition) is 4. The summed E-state index contributed by atoms with van der Waals surface area (Å²) in [5, 5.41) is 24.8. The standard InChI is InChI=1S/C7H6O2.C6H11NO4/c8-7(9)6-4-2-1-3-5-6;7-4(6(10)11)2-1-3-5(8)9/h1-5H,(H,8,9);4H,1-3,7H2,(H,8,9)(H,10,11). The minimum absolute atomic E-state index is 0.0268. The Bertz CT molecular complexity index is 445. The second-order valence-corrected chi connectivity index (χ2v) is 3.90. The van der Waals surface area contributed by atoms with Crippen molar-refractivity contribution in [3.63, 3.8) is 0 Å². The zero-order valence-electron chi connectivity index (χ0n) is 10.7. The van der Waals surface area contributed by atoms with Gasteiger partial charge < -0.3 is 21.1 Å². The molecule has 0 radical (unpaired) electrons. The predicted molar refractivity (Wildman–Crippen MR) is 70.5 cm³/mol. The molecule has 0 saturated carbocycles. The van der Waals surface area contributed by atoms with E-state index in [0.29, 0.717) is 12.0 Å². The lowest BCUT2D eigenvalue weighted by molar-refractivity contribution is -0.140. The first-order valence-electron chi connectivity index (χ1n) is 5.83. The molecule has 1 atom stereocenters. The first kappa shape index (κ1) is 17.6. The van der Waals surface area contributed by atoms with Gasteiger partial charge in [0.2, 0.25) is 0 Å². The topological polar surface area (TPSA) is 138 Å². The first-order chi connectivity index (χ1) is 9.34. The average Bonchev–Trinajstić information content (AvgIpc) is 2.39. The van der Waals surface area contributed by atoms with Gasteiger partial charge in [0, 0.05) is 6.42 Å². The van der Waals surface area contributed by atoms with Crippen LogP contribution in [0.4, 0.5) is 0 Å². The predicted octanol–water partition coefficient (Wildman–Crippen LogP) is 1.04. The zero-order chi connectivity index (χ0) is 15.5. The van der Waals surface area contributed by atoms with Crippen LogP contribution in [-0.4, -0.2) is 39.3 Å². The minimum Gasteiger partial charge on any atom is -0.481 e. The van der Waals surface area contributed by atoms with Gasteiger partial charge in [0.1, 0.15) is 6.04 Å². The summed E-state index contributed by atoms with van der Waals surface area (Å²) in [6.07, 6.45) is 0.491. The number of carboxylic acid groups (broad SMARTS) is 3. The van der Waals surface area contributed by atoms with Crippen LogP contribution in [0.15, 0.2) is 30.3 Å². The molecule has 0 heterocycles. The summed E-state index contributed by atoms with van der Waals surface area (Å²) in [4.78, 5) is 30.3. The number of rotatable bonds is 6. The third-order valence-corrected chi connectivity index (χ3v) is 2.24. The lowest BCUT2D eigenvalue weighted by Gasteiger charge is -2.02. The van der Waals surface area contributed by atoms with Crippen molar-refractivity contribution >= 4 is 17.9 Å². The van der Waals surface area contributed by atoms with Crippen LogP contribution >= 0.6 is 0 Å². The molecule has 0 amide bonds. The maximum absolute atomic E-state index is 10.2. The Kier molecular flexibility index (Phi) is 8.36. The fourth-order valence-electron chi connectivity index (χ4n) is 1.18. The number of aromatic carboxylic acids is 1. The summed E-state index contributed by atoms with van der Waals surface area (Å²) in [5.41, 5.74) is 5.44. The lowest BCUT2D eigenvalue weighted by Crippen LogP contribution is -2.29. The monoisotopic (exact) mass is 283 g/mol. The summed E-state index contributed by atoms with van der Waals surface area (Å²) in [5.74, 6) is -2.89. The van der Waals surface area contributed by atoms with Crippen molar-refractivity contribution in [3.05, 3.63) is 35.9 Å². The van der Waals surface area contributed by atoms with Crippen molar-refractivity contribution in [2.75, 3.05) is 0 Å². The number of nitrogens with two attached hydrogens (primary N) is 1. The summed E-state index contributed by atoms with van der Waals surface area (Å²) < 4.78 is 0. The second-order valence-electron chi connectivity index (χ2n) is 3.90. The van der Waals surface area contributed by atoms with Crippen molar-refractivity contribution in [2.45, 2.75) is 25.3 Å². The third-order valence-electron chi connectivity index (χ3n) is 2.24. The molecule has 7 heteroatoms. The molecule has 0 bridgehead atoms. The number of benzene rings is 1. The minimum atomic E-state index is -1.09. The smallest absolute Gasteiger partial charge is 0.335 e. The van der Waals surface area contributed by atoms with Gasteiger partial charge in [0.05, 0.1) is 5.56 Å². The molecule has 0 saturated heterocycles. The van der Waals surface area contributed by atoms with Crippen molar-refractivity contribution in [3.8, 4) is 0 Å². The van der Waals surface area contributed by atoms with Crippen LogP contribution in [0, 0.1) is 0 Å². The Hall–Kier alpha value is -2.41. The average molecular weight is 283 g/mol. The van der Waals surface area contributed by atoms with Gasteiger partial charge in [-0.3, -0.25) is 9.59 Å². The molecule has 1 unspecified atom stereocenters. The molecule has 1 rings (SSSR count). The summed E-state index contributed by atoms with van der Waals surface area (Å²) in [7, 11) is 0. The highest BCUT2D eigenvalue weighted by atomic mass is 16.4. The fourth-order valence-corrected chi connectivity index (χ4v) is 1.18. The van der Waals surface area contributed by atoms with Crippen LogP contribution in [0.2, 0.25) is 0 Å².